The molecule has 0 radical (unpaired) electrons. The molecule has 1 N–H and O–H groups in total. The molecule has 0 amide bonds. The molecule has 0 fully saturated rings. The van der Waals surface area contributed by atoms with Crippen LogP contribution in [0.5, 0.6) is 0 Å². The first kappa shape index (κ1) is 11.3. The SMILES string of the molecule is CCCc1nc(C(=O)O)nn1-c1ccn(C)n1. The molecule has 17 heavy (non-hydrogen) atoms. The maximum Gasteiger partial charge on any atom is 0.375 e. The van der Waals surface area contributed by atoms with Gasteiger partial charge in [-0.15, -0.1) is 5.10 Å². The standard InChI is InChI=1S/C10H13N5O2/c1-3-4-7-11-9(10(16)17)13-15(7)8-5-6-14(2)12-8/h5-6H,3-4H2,1-2H3,(H,16,17). The average Bonchev–Trinajstić information content (AvgIpc) is 2.85. The zero-order chi connectivity index (χ0) is 12.4. The molecule has 2 heterocycles. The van der Waals surface area contributed by atoms with Gasteiger partial charge in [0.05, 0.1) is 0 Å². The molecular weight excluding hydrogens is 222 g/mol. The first-order valence-corrected chi connectivity index (χ1v) is 5.31. The lowest BCUT2D eigenvalue weighted by atomic mass is 10.3. The molecule has 0 spiro atoms. The maximum atomic E-state index is 10.8. The highest BCUT2D eigenvalue weighted by Gasteiger charge is 2.16. The Morgan fingerprint density at radius 1 is 1.47 bits per heavy atom. The van der Waals surface area contributed by atoms with Crippen molar-refractivity contribution in [2.45, 2.75) is 19.8 Å². The van der Waals surface area contributed by atoms with Crippen molar-refractivity contribution in [1.82, 2.24) is 24.5 Å². The molecule has 0 aliphatic heterocycles. The topological polar surface area (TPSA) is 85.8 Å². The maximum absolute atomic E-state index is 10.8. The highest BCUT2D eigenvalue weighted by molar-refractivity contribution is 5.83. The third-order valence-electron chi connectivity index (χ3n) is 2.26. The van der Waals surface area contributed by atoms with E-state index in [1.165, 1.54) is 4.68 Å². The Hall–Kier alpha value is -2.18. The van der Waals surface area contributed by atoms with Gasteiger partial charge in [0.2, 0.25) is 0 Å². The molecule has 7 nitrogen and oxygen atoms in total. The van der Waals surface area contributed by atoms with Crippen LogP contribution in [0.3, 0.4) is 0 Å². The van der Waals surface area contributed by atoms with Crippen LogP contribution in [-0.4, -0.2) is 35.6 Å². The van der Waals surface area contributed by atoms with Crippen LogP contribution in [0.25, 0.3) is 5.82 Å². The van der Waals surface area contributed by atoms with Gasteiger partial charge >= 0.3 is 5.97 Å². The summed E-state index contributed by atoms with van der Waals surface area (Å²) in [6.45, 7) is 2.00. The van der Waals surface area contributed by atoms with Gasteiger partial charge in [-0.1, -0.05) is 6.92 Å². The van der Waals surface area contributed by atoms with Gasteiger partial charge in [0.25, 0.3) is 5.82 Å². The van der Waals surface area contributed by atoms with Gasteiger partial charge in [0, 0.05) is 25.7 Å². The molecule has 0 aliphatic rings. The summed E-state index contributed by atoms with van der Waals surface area (Å²) in [7, 11) is 1.79. The number of aryl methyl sites for hydroxylation is 2. The van der Waals surface area contributed by atoms with Gasteiger partial charge in [-0.2, -0.15) is 9.78 Å². The Morgan fingerprint density at radius 2 is 2.24 bits per heavy atom. The highest BCUT2D eigenvalue weighted by atomic mass is 16.4. The van der Waals surface area contributed by atoms with E-state index >= 15 is 0 Å². The van der Waals surface area contributed by atoms with Crippen LogP contribution in [-0.2, 0) is 13.5 Å². The molecule has 90 valence electrons. The minimum absolute atomic E-state index is 0.195. The Balaban J connectivity index is 2.47. The van der Waals surface area contributed by atoms with Crippen LogP contribution in [0.4, 0.5) is 0 Å². The van der Waals surface area contributed by atoms with Crippen molar-refractivity contribution in [3.63, 3.8) is 0 Å². The number of hydrogen-bond donors (Lipinski definition) is 1. The van der Waals surface area contributed by atoms with E-state index in [1.54, 1.807) is 24.0 Å². The summed E-state index contributed by atoms with van der Waals surface area (Å²) in [5.41, 5.74) is 0. The van der Waals surface area contributed by atoms with Crippen molar-refractivity contribution in [1.29, 1.82) is 0 Å². The third kappa shape index (κ3) is 2.17. The Labute approximate surface area is 97.7 Å². The normalized spacial score (nSPS) is 10.7. The van der Waals surface area contributed by atoms with Gasteiger partial charge in [-0.25, -0.2) is 9.78 Å². The summed E-state index contributed by atoms with van der Waals surface area (Å²) in [5, 5.41) is 17.0. The zero-order valence-corrected chi connectivity index (χ0v) is 9.66. The summed E-state index contributed by atoms with van der Waals surface area (Å²) in [4.78, 5) is 14.8. The van der Waals surface area contributed by atoms with E-state index < -0.39 is 5.97 Å². The van der Waals surface area contributed by atoms with Crippen molar-refractivity contribution in [3.05, 3.63) is 23.9 Å². The predicted molar refractivity (Wildman–Crippen MR) is 59.1 cm³/mol. The van der Waals surface area contributed by atoms with Crippen LogP contribution >= 0.6 is 0 Å². The van der Waals surface area contributed by atoms with Crippen molar-refractivity contribution in [3.8, 4) is 5.82 Å². The van der Waals surface area contributed by atoms with Gasteiger partial charge in [0.15, 0.2) is 5.82 Å². The van der Waals surface area contributed by atoms with Gasteiger partial charge in [0.1, 0.15) is 5.82 Å². The number of aromatic carboxylic acids is 1. The molecule has 2 aromatic heterocycles. The van der Waals surface area contributed by atoms with E-state index in [1.807, 2.05) is 6.92 Å². The predicted octanol–water partition coefficient (Wildman–Crippen LogP) is 0.652. The van der Waals surface area contributed by atoms with Gasteiger partial charge in [-0.05, 0) is 6.42 Å². The number of hydrogen-bond acceptors (Lipinski definition) is 4. The number of carboxylic acid groups (broad SMARTS) is 1. The lowest BCUT2D eigenvalue weighted by molar-refractivity contribution is 0.0683. The second-order valence-corrected chi connectivity index (χ2v) is 3.67. The second-order valence-electron chi connectivity index (χ2n) is 3.67. The number of aromatic nitrogens is 5. The van der Waals surface area contributed by atoms with Crippen LogP contribution in [0.15, 0.2) is 12.3 Å². The monoisotopic (exact) mass is 235 g/mol. The van der Waals surface area contributed by atoms with E-state index in [0.717, 1.165) is 6.42 Å². The highest BCUT2D eigenvalue weighted by Crippen LogP contribution is 2.09. The van der Waals surface area contributed by atoms with Crippen LogP contribution in [0.2, 0.25) is 0 Å². The molecular formula is C10H13N5O2. The summed E-state index contributed by atoms with van der Waals surface area (Å²) in [6, 6.07) is 1.76. The second kappa shape index (κ2) is 4.36. The summed E-state index contributed by atoms with van der Waals surface area (Å²) >= 11 is 0. The largest absolute Gasteiger partial charge is 0.475 e. The smallest absolute Gasteiger partial charge is 0.375 e. The van der Waals surface area contributed by atoms with E-state index in [0.29, 0.717) is 18.1 Å². The Bertz CT molecular complexity index is 543. The van der Waals surface area contributed by atoms with Crippen molar-refractivity contribution in [2.75, 3.05) is 0 Å². The Morgan fingerprint density at radius 3 is 2.76 bits per heavy atom. The third-order valence-corrected chi connectivity index (χ3v) is 2.26. The molecule has 0 bridgehead atoms. The lowest BCUT2D eigenvalue weighted by Gasteiger charge is -1.99. The number of carboxylic acids is 1. The average molecular weight is 235 g/mol. The van der Waals surface area contributed by atoms with Crippen molar-refractivity contribution >= 4 is 5.97 Å². The van der Waals surface area contributed by atoms with Crippen LogP contribution in [0, 0.1) is 0 Å². The van der Waals surface area contributed by atoms with E-state index in [2.05, 4.69) is 15.2 Å². The molecule has 0 aliphatic carbocycles. The quantitative estimate of drug-likeness (QED) is 0.840. The Kier molecular flexibility index (Phi) is 2.90. The summed E-state index contributed by atoms with van der Waals surface area (Å²) in [5.74, 6) is -0.129. The van der Waals surface area contributed by atoms with Gasteiger partial charge < -0.3 is 5.11 Å². The molecule has 0 atom stereocenters. The van der Waals surface area contributed by atoms with Crippen LogP contribution < -0.4 is 0 Å². The number of rotatable bonds is 4. The van der Waals surface area contributed by atoms with E-state index in [9.17, 15) is 4.79 Å². The minimum Gasteiger partial charge on any atom is -0.475 e. The molecule has 0 aromatic carbocycles. The summed E-state index contributed by atoms with van der Waals surface area (Å²) in [6.07, 6.45) is 3.30. The van der Waals surface area contributed by atoms with Crippen LogP contribution in [0.1, 0.15) is 29.8 Å². The molecule has 7 heteroatoms. The first-order valence-electron chi connectivity index (χ1n) is 5.31. The fourth-order valence-electron chi connectivity index (χ4n) is 1.52. The number of nitrogens with zero attached hydrogens (tertiary/aromatic N) is 5. The molecule has 2 rings (SSSR count). The first-order chi connectivity index (χ1) is 8.11. The van der Waals surface area contributed by atoms with E-state index in [4.69, 9.17) is 5.11 Å². The zero-order valence-electron chi connectivity index (χ0n) is 9.66. The van der Waals surface area contributed by atoms with Crippen molar-refractivity contribution < 1.29 is 9.90 Å². The van der Waals surface area contributed by atoms with Crippen molar-refractivity contribution in [2.24, 2.45) is 7.05 Å². The fraction of sp³-hybridized carbons (Fsp3) is 0.400. The lowest BCUT2D eigenvalue weighted by Crippen LogP contribution is -2.05. The number of carbonyl (C=O) groups is 1. The van der Waals surface area contributed by atoms with Gasteiger partial charge in [-0.3, -0.25) is 4.68 Å². The molecule has 0 unspecified atom stereocenters. The molecule has 2 aromatic rings. The summed E-state index contributed by atoms with van der Waals surface area (Å²) < 4.78 is 3.11. The minimum atomic E-state index is -1.13. The van der Waals surface area contributed by atoms with E-state index in [-0.39, 0.29) is 5.82 Å². The molecule has 0 saturated heterocycles. The molecule has 0 saturated carbocycles. The fourth-order valence-corrected chi connectivity index (χ4v) is 1.52.